The quantitative estimate of drug-likeness (QED) is 0.792. The molecule has 0 atom stereocenters. The first-order valence-corrected chi connectivity index (χ1v) is 4.55. The fourth-order valence-corrected chi connectivity index (χ4v) is 1.32. The lowest BCUT2D eigenvalue weighted by Crippen LogP contribution is -2.20. The molecule has 0 aromatic heterocycles. The smallest absolute Gasteiger partial charge is 0.322 e. The third-order valence-electron chi connectivity index (χ3n) is 1.77. The monoisotopic (exact) mass is 224 g/mol. The lowest BCUT2D eigenvalue weighted by Gasteiger charge is -2.05. The van der Waals surface area contributed by atoms with Crippen LogP contribution in [0.1, 0.15) is 5.56 Å². The molecule has 1 N–H and O–H groups in total. The minimum atomic E-state index is -0.665. The van der Waals surface area contributed by atoms with Gasteiger partial charge in [0.2, 0.25) is 0 Å². The van der Waals surface area contributed by atoms with Crippen LogP contribution in [0.5, 0.6) is 5.75 Å². The van der Waals surface area contributed by atoms with Crippen LogP contribution >= 0.6 is 11.6 Å². The van der Waals surface area contributed by atoms with E-state index in [-0.39, 0.29) is 6.54 Å². The first-order chi connectivity index (χ1) is 7.17. The van der Waals surface area contributed by atoms with Crippen molar-refractivity contribution in [3.63, 3.8) is 0 Å². The number of hydrogen-bond donors (Lipinski definition) is 1. The molecule has 0 fully saturated rings. The highest BCUT2D eigenvalue weighted by Gasteiger charge is 2.03. The van der Waals surface area contributed by atoms with Crippen LogP contribution in [-0.4, -0.2) is 13.0 Å². The Labute approximate surface area is 92.4 Å². The maximum atomic E-state index is 10.7. The molecule has 0 aliphatic carbocycles. The van der Waals surface area contributed by atoms with Crippen molar-refractivity contribution >= 4 is 17.5 Å². The summed E-state index contributed by atoms with van der Waals surface area (Å²) >= 11 is 5.88. The highest BCUT2D eigenvalue weighted by Crippen LogP contribution is 2.24. The minimum Gasteiger partial charge on any atom is -0.495 e. The normalized spacial score (nSPS) is 9.13. The molecular formula is C10H9ClN2O2. The Morgan fingerprint density at radius 1 is 1.67 bits per heavy atom. The summed E-state index contributed by atoms with van der Waals surface area (Å²) in [6.07, 6.45) is 0. The Bertz CT molecular complexity index is 412. The highest BCUT2D eigenvalue weighted by molar-refractivity contribution is 6.32. The summed E-state index contributed by atoms with van der Waals surface area (Å²) in [6.45, 7) is 0.274. The molecule has 0 aliphatic rings. The van der Waals surface area contributed by atoms with Gasteiger partial charge in [-0.3, -0.25) is 4.79 Å². The molecule has 0 bridgehead atoms. The van der Waals surface area contributed by atoms with Gasteiger partial charge >= 0.3 is 5.91 Å². The summed E-state index contributed by atoms with van der Waals surface area (Å²) < 4.78 is 4.98. The van der Waals surface area contributed by atoms with Crippen LogP contribution < -0.4 is 10.1 Å². The van der Waals surface area contributed by atoms with Crippen LogP contribution in [0.15, 0.2) is 18.2 Å². The molecule has 0 spiro atoms. The summed E-state index contributed by atoms with van der Waals surface area (Å²) in [5.74, 6) is -0.0889. The number of rotatable bonds is 3. The van der Waals surface area contributed by atoms with Crippen LogP contribution in [0.3, 0.4) is 0 Å². The van der Waals surface area contributed by atoms with E-state index < -0.39 is 5.91 Å². The Balaban J connectivity index is 2.68. The molecular weight excluding hydrogens is 216 g/mol. The summed E-state index contributed by atoms with van der Waals surface area (Å²) in [6, 6.07) is 6.61. The average Bonchev–Trinajstić information content (AvgIpc) is 2.26. The molecule has 1 aromatic rings. The highest BCUT2D eigenvalue weighted by atomic mass is 35.5. The average molecular weight is 225 g/mol. The van der Waals surface area contributed by atoms with Crippen LogP contribution in [0.2, 0.25) is 5.02 Å². The van der Waals surface area contributed by atoms with Crippen LogP contribution in [0.25, 0.3) is 0 Å². The van der Waals surface area contributed by atoms with Gasteiger partial charge in [-0.05, 0) is 17.7 Å². The Morgan fingerprint density at radius 3 is 2.93 bits per heavy atom. The summed E-state index contributed by atoms with van der Waals surface area (Å²) in [5, 5.41) is 11.1. The van der Waals surface area contributed by atoms with Gasteiger partial charge in [0.05, 0.1) is 12.1 Å². The van der Waals surface area contributed by atoms with Gasteiger partial charge in [-0.15, -0.1) is 0 Å². The molecule has 1 aromatic carbocycles. The van der Waals surface area contributed by atoms with E-state index in [1.807, 2.05) is 0 Å². The van der Waals surface area contributed by atoms with E-state index in [4.69, 9.17) is 21.6 Å². The van der Waals surface area contributed by atoms with Gasteiger partial charge < -0.3 is 10.1 Å². The molecule has 15 heavy (non-hydrogen) atoms. The molecule has 4 nitrogen and oxygen atoms in total. The summed E-state index contributed by atoms with van der Waals surface area (Å²) in [7, 11) is 1.53. The number of benzene rings is 1. The summed E-state index contributed by atoms with van der Waals surface area (Å²) in [4.78, 5) is 10.7. The zero-order chi connectivity index (χ0) is 11.3. The molecule has 78 valence electrons. The second-order valence-corrected chi connectivity index (χ2v) is 3.17. The standard InChI is InChI=1S/C10H9ClN2O2/c1-15-9-3-2-7(4-8(9)11)6-13-10(14)5-12/h2-4H,6H2,1H3,(H,13,14). The number of halogens is 1. The number of nitrogens with zero attached hydrogens (tertiary/aromatic N) is 1. The second kappa shape index (κ2) is 5.23. The van der Waals surface area contributed by atoms with Crippen molar-refractivity contribution in [1.29, 1.82) is 5.26 Å². The fraction of sp³-hybridized carbons (Fsp3) is 0.200. The zero-order valence-corrected chi connectivity index (χ0v) is 8.84. The van der Waals surface area contributed by atoms with E-state index in [0.29, 0.717) is 10.8 Å². The van der Waals surface area contributed by atoms with E-state index >= 15 is 0 Å². The molecule has 0 unspecified atom stereocenters. The number of carbonyl (C=O) groups is 1. The van der Waals surface area contributed by atoms with Crippen molar-refractivity contribution in [2.45, 2.75) is 6.54 Å². The van der Waals surface area contributed by atoms with Gasteiger partial charge in [0.25, 0.3) is 0 Å². The molecule has 0 radical (unpaired) electrons. The van der Waals surface area contributed by atoms with Crippen molar-refractivity contribution in [3.8, 4) is 11.8 Å². The number of hydrogen-bond acceptors (Lipinski definition) is 3. The maximum Gasteiger partial charge on any atom is 0.322 e. The van der Waals surface area contributed by atoms with Crippen molar-refractivity contribution in [2.75, 3.05) is 7.11 Å². The van der Waals surface area contributed by atoms with Crippen LogP contribution in [0, 0.1) is 11.3 Å². The molecule has 0 saturated heterocycles. The number of nitriles is 1. The topological polar surface area (TPSA) is 62.1 Å². The lowest BCUT2D eigenvalue weighted by atomic mass is 10.2. The zero-order valence-electron chi connectivity index (χ0n) is 8.08. The Hall–Kier alpha value is -1.73. The Kier molecular flexibility index (Phi) is 3.95. The van der Waals surface area contributed by atoms with Gasteiger partial charge in [-0.2, -0.15) is 5.26 Å². The first-order valence-electron chi connectivity index (χ1n) is 4.17. The van der Waals surface area contributed by atoms with Crippen molar-refractivity contribution in [3.05, 3.63) is 28.8 Å². The Morgan fingerprint density at radius 2 is 2.40 bits per heavy atom. The third-order valence-corrected chi connectivity index (χ3v) is 2.07. The predicted octanol–water partition coefficient (Wildman–Crippen LogP) is 1.49. The van der Waals surface area contributed by atoms with Crippen molar-refractivity contribution < 1.29 is 9.53 Å². The van der Waals surface area contributed by atoms with E-state index in [9.17, 15) is 4.79 Å². The van der Waals surface area contributed by atoms with Gasteiger partial charge in [0.1, 0.15) is 5.75 Å². The number of carbonyl (C=O) groups excluding carboxylic acids is 1. The molecule has 1 amide bonds. The molecule has 0 saturated carbocycles. The molecule has 1 rings (SSSR count). The molecule has 5 heteroatoms. The molecule has 0 heterocycles. The van der Waals surface area contributed by atoms with E-state index in [1.54, 1.807) is 18.2 Å². The third kappa shape index (κ3) is 3.15. The van der Waals surface area contributed by atoms with Gasteiger partial charge in [0, 0.05) is 6.54 Å². The van der Waals surface area contributed by atoms with Gasteiger partial charge in [-0.1, -0.05) is 17.7 Å². The fourth-order valence-electron chi connectivity index (χ4n) is 1.04. The van der Waals surface area contributed by atoms with Crippen LogP contribution in [-0.2, 0) is 11.3 Å². The number of ether oxygens (including phenoxy) is 1. The van der Waals surface area contributed by atoms with E-state index in [2.05, 4.69) is 5.32 Å². The second-order valence-electron chi connectivity index (χ2n) is 2.76. The predicted molar refractivity (Wildman–Crippen MR) is 55.5 cm³/mol. The maximum absolute atomic E-state index is 10.7. The van der Waals surface area contributed by atoms with Crippen molar-refractivity contribution in [1.82, 2.24) is 5.32 Å². The van der Waals surface area contributed by atoms with Crippen LogP contribution in [0.4, 0.5) is 0 Å². The number of methoxy groups -OCH3 is 1. The summed E-state index contributed by atoms with van der Waals surface area (Å²) in [5.41, 5.74) is 0.810. The van der Waals surface area contributed by atoms with E-state index in [0.717, 1.165) is 5.56 Å². The van der Waals surface area contributed by atoms with Gasteiger partial charge in [-0.25, -0.2) is 0 Å². The molecule has 0 aliphatic heterocycles. The first kappa shape index (κ1) is 11.3. The number of nitrogens with one attached hydrogen (secondary N) is 1. The number of amides is 1. The van der Waals surface area contributed by atoms with Crippen molar-refractivity contribution in [2.24, 2.45) is 0 Å². The largest absolute Gasteiger partial charge is 0.495 e. The SMILES string of the molecule is COc1ccc(CNC(=O)C#N)cc1Cl. The minimum absolute atomic E-state index is 0.274. The van der Waals surface area contributed by atoms with E-state index in [1.165, 1.54) is 13.2 Å². The van der Waals surface area contributed by atoms with Gasteiger partial charge in [0.15, 0.2) is 6.07 Å². The lowest BCUT2D eigenvalue weighted by molar-refractivity contribution is -0.116.